The fourth-order valence-corrected chi connectivity index (χ4v) is 11.0. The Morgan fingerprint density at radius 2 is 1.12 bits per heavy atom. The quantitative estimate of drug-likeness (QED) is 0.122. The normalized spacial score (nSPS) is 12.0. The van der Waals surface area contributed by atoms with Crippen molar-refractivity contribution in [1.82, 2.24) is 14.5 Å². The second-order valence-corrected chi connectivity index (χ2v) is 30.7. The number of phenols is 1. The number of aromatic hydroxyl groups is 1. The van der Waals surface area contributed by atoms with Crippen LogP contribution in [0.3, 0.4) is 0 Å². The summed E-state index contributed by atoms with van der Waals surface area (Å²) in [7, 11) is 0. The predicted molar refractivity (Wildman–Crippen MR) is 272 cm³/mol. The van der Waals surface area contributed by atoms with Gasteiger partial charge in [-0.2, -0.15) is 0 Å². The van der Waals surface area contributed by atoms with Crippen LogP contribution in [0.25, 0.3) is 83.9 Å². The number of pyridine rings is 1. The molecule has 4 nitrogen and oxygen atoms in total. The molecule has 0 radical (unpaired) electrons. The summed E-state index contributed by atoms with van der Waals surface area (Å²) in [5.41, 5.74) is 15.7. The van der Waals surface area contributed by atoms with Crippen LogP contribution in [0.2, 0.25) is 17.3 Å². The van der Waals surface area contributed by atoms with Crippen molar-refractivity contribution in [2.24, 2.45) is 0 Å². The first-order chi connectivity index (χ1) is 30.5. The maximum atomic E-state index is 12.4. The molecule has 0 aliphatic rings. The molecule has 328 valence electrons. The topological polar surface area (TPSA) is 50.9 Å². The Balaban J connectivity index is 0.00000576. The number of benzene rings is 7. The number of hydrogen-bond acceptors (Lipinski definition) is 3. The number of fused-ring (bicyclic) bond motifs is 1. The SMILES string of the molecule is CC(C)(C)c1cc(-c2nc3c(-c4[c-]c(-c5cc(-c6ccc(-c7ccccc7)cc6)ccn5)c[c]([Ge]([CH3])([CH3])[CH3])c4)cccc3n2-c2ccccc2-c2ccccc2)c(O)c(C(C)(C)C)c1.[Pt]. The fraction of sp³-hybridized carbons (Fsp3) is 0.186. The molecule has 0 aliphatic carbocycles. The van der Waals surface area contributed by atoms with Crippen molar-refractivity contribution in [3.63, 3.8) is 0 Å². The van der Waals surface area contributed by atoms with E-state index in [9.17, 15) is 5.11 Å². The maximum absolute atomic E-state index is 12.4. The monoisotopic (exact) mass is 1090 g/mol. The van der Waals surface area contributed by atoms with Gasteiger partial charge >= 0.3 is 359 Å². The summed E-state index contributed by atoms with van der Waals surface area (Å²) in [6.45, 7) is 13.2. The summed E-state index contributed by atoms with van der Waals surface area (Å²) in [6.07, 6.45) is 1.91. The number of para-hydroxylation sites is 2. The minimum atomic E-state index is -2.46. The second-order valence-electron chi connectivity index (χ2n) is 20.1. The summed E-state index contributed by atoms with van der Waals surface area (Å²) in [5, 5.41) is 12.4. The van der Waals surface area contributed by atoms with Gasteiger partial charge < -0.3 is 0 Å². The first-order valence-corrected chi connectivity index (χ1v) is 29.6. The first-order valence-electron chi connectivity index (χ1n) is 22.3. The van der Waals surface area contributed by atoms with Gasteiger partial charge in [-0.3, -0.25) is 0 Å². The standard InChI is InChI=1S/C59H56GeN3O.Pt/c1-58(2,3)46-37-50(56(64)51(38-46)59(4,5)6)57-62-55-49(24-18-26-54(55)63(57)53-25-17-16-23-48(53)42-21-14-11-15-22-42)44-33-45(35-47(34-44)60(7,8)9)52-36-43(31-32-61-52)41-29-27-40(28-30-41)39-19-12-10-13-20-39;/h10-32,34-38,64H,1-9H3;/q-1;. The third-order valence-corrected chi connectivity index (χ3v) is 16.6. The maximum Gasteiger partial charge on any atom is 0 e. The molecular weight excluding hydrogens is 1030 g/mol. The van der Waals surface area contributed by atoms with Crippen LogP contribution in [0.5, 0.6) is 5.75 Å². The van der Waals surface area contributed by atoms with Crippen LogP contribution in [0, 0.1) is 6.07 Å². The molecule has 0 saturated heterocycles. The Hall–Kier alpha value is -5.81. The first kappa shape index (κ1) is 45.7. The number of imidazole rings is 1. The van der Waals surface area contributed by atoms with Crippen LogP contribution in [-0.4, -0.2) is 32.9 Å². The Morgan fingerprint density at radius 1 is 0.538 bits per heavy atom. The van der Waals surface area contributed by atoms with E-state index in [0.717, 1.165) is 72.5 Å². The molecule has 1 N–H and O–H groups in total. The summed E-state index contributed by atoms with van der Waals surface area (Å²) in [4.78, 5) is 10.6. The van der Waals surface area contributed by atoms with Crippen molar-refractivity contribution < 1.29 is 26.2 Å². The number of nitrogens with zero attached hydrogens (tertiary/aromatic N) is 3. The van der Waals surface area contributed by atoms with E-state index in [2.05, 4.69) is 233 Å². The molecule has 7 aromatic carbocycles. The molecule has 0 aliphatic heterocycles. The molecule has 0 atom stereocenters. The smallest absolute Gasteiger partial charge is 0 e. The second kappa shape index (κ2) is 17.9. The molecule has 0 unspecified atom stereocenters. The largest absolute Gasteiger partial charge is 0 e. The molecule has 0 amide bonds. The number of phenolic OH excluding ortho intramolecular Hbond substituents is 1. The van der Waals surface area contributed by atoms with E-state index >= 15 is 0 Å². The zero-order valence-corrected chi connectivity index (χ0v) is 43.1. The van der Waals surface area contributed by atoms with Crippen molar-refractivity contribution in [1.29, 1.82) is 0 Å². The Kier molecular flexibility index (Phi) is 12.6. The van der Waals surface area contributed by atoms with Gasteiger partial charge in [0.15, 0.2) is 0 Å². The number of aromatic nitrogens is 3. The molecule has 0 saturated carbocycles. The van der Waals surface area contributed by atoms with Gasteiger partial charge in [0.2, 0.25) is 0 Å². The molecule has 6 heteroatoms. The molecule has 2 heterocycles. The molecule has 9 rings (SSSR count). The Labute approximate surface area is 402 Å². The fourth-order valence-electron chi connectivity index (χ4n) is 8.61. The summed E-state index contributed by atoms with van der Waals surface area (Å²) in [6, 6.07) is 61.9. The van der Waals surface area contributed by atoms with Crippen LogP contribution >= 0.6 is 0 Å². The Morgan fingerprint density at radius 3 is 1.77 bits per heavy atom. The van der Waals surface area contributed by atoms with Gasteiger partial charge in [-0.15, -0.1) is 0 Å². The summed E-state index contributed by atoms with van der Waals surface area (Å²) < 4.78 is 3.62. The molecule has 9 aromatic rings. The van der Waals surface area contributed by atoms with Crippen molar-refractivity contribution >= 4 is 28.7 Å². The van der Waals surface area contributed by atoms with Gasteiger partial charge in [0, 0.05) is 21.1 Å². The van der Waals surface area contributed by atoms with Gasteiger partial charge in [-0.25, -0.2) is 0 Å². The van der Waals surface area contributed by atoms with E-state index in [1.807, 2.05) is 6.20 Å². The third-order valence-electron chi connectivity index (χ3n) is 12.3. The zero-order valence-electron chi connectivity index (χ0n) is 38.8. The van der Waals surface area contributed by atoms with Gasteiger partial charge in [-0.05, 0) is 0 Å². The van der Waals surface area contributed by atoms with Crippen molar-refractivity contribution in [2.45, 2.75) is 69.6 Å². The predicted octanol–water partition coefficient (Wildman–Crippen LogP) is 15.1. The van der Waals surface area contributed by atoms with Crippen LogP contribution in [-0.2, 0) is 31.9 Å². The van der Waals surface area contributed by atoms with Crippen molar-refractivity contribution in [3.8, 4) is 78.6 Å². The van der Waals surface area contributed by atoms with Crippen molar-refractivity contribution in [3.05, 3.63) is 187 Å². The number of hydrogen-bond donors (Lipinski definition) is 1. The van der Waals surface area contributed by atoms with Crippen LogP contribution in [0.15, 0.2) is 170 Å². The summed E-state index contributed by atoms with van der Waals surface area (Å²) in [5.74, 6) is 8.26. The van der Waals surface area contributed by atoms with E-state index < -0.39 is 13.3 Å². The number of rotatable bonds is 8. The van der Waals surface area contributed by atoms with E-state index in [0.29, 0.717) is 11.4 Å². The van der Waals surface area contributed by atoms with Crippen LogP contribution in [0.4, 0.5) is 0 Å². The van der Waals surface area contributed by atoms with Crippen molar-refractivity contribution in [2.75, 3.05) is 0 Å². The van der Waals surface area contributed by atoms with E-state index in [4.69, 9.17) is 9.97 Å². The molecular formula is C59H56GeN3OPt-. The minimum Gasteiger partial charge on any atom is 0 e. The average Bonchev–Trinajstić information content (AvgIpc) is 3.68. The van der Waals surface area contributed by atoms with Gasteiger partial charge in [0.25, 0.3) is 0 Å². The summed E-state index contributed by atoms with van der Waals surface area (Å²) >= 11 is -2.46. The van der Waals surface area contributed by atoms with Crippen LogP contribution < -0.4 is 4.40 Å². The van der Waals surface area contributed by atoms with Crippen LogP contribution in [0.1, 0.15) is 52.7 Å². The van der Waals surface area contributed by atoms with Gasteiger partial charge in [0.1, 0.15) is 0 Å². The molecule has 0 fully saturated rings. The van der Waals surface area contributed by atoms with E-state index in [1.54, 1.807) is 0 Å². The van der Waals surface area contributed by atoms with Gasteiger partial charge in [0.05, 0.1) is 0 Å². The third kappa shape index (κ3) is 9.22. The van der Waals surface area contributed by atoms with Gasteiger partial charge in [-0.1, -0.05) is 24.3 Å². The van der Waals surface area contributed by atoms with E-state index in [1.165, 1.54) is 15.5 Å². The molecule has 65 heavy (non-hydrogen) atoms. The average molecular weight is 1090 g/mol. The minimum absolute atomic E-state index is 0. The molecule has 2 aromatic heterocycles. The molecule has 0 spiro atoms. The zero-order chi connectivity index (χ0) is 45.0. The van der Waals surface area contributed by atoms with E-state index in [-0.39, 0.29) is 37.6 Å². The Bertz CT molecular complexity index is 3150. The molecule has 0 bridgehead atoms.